The number of aromatic nitrogens is 1. The predicted molar refractivity (Wildman–Crippen MR) is 118 cm³/mol. The second-order valence-corrected chi connectivity index (χ2v) is 8.03. The van der Waals surface area contributed by atoms with Gasteiger partial charge in [0.2, 0.25) is 5.72 Å². The summed E-state index contributed by atoms with van der Waals surface area (Å²) in [6.07, 6.45) is 4.46. The third kappa shape index (κ3) is 2.53. The zero-order chi connectivity index (χ0) is 20.1. The lowest BCUT2D eigenvalue weighted by Crippen LogP contribution is -2.48. The van der Waals surface area contributed by atoms with Gasteiger partial charge in [0.15, 0.2) is 0 Å². The molecule has 0 spiro atoms. The standard InChI is InChI=1S/C26H21N3O/c1-26(21-12-14-27-15-13-21)29-24(22-8-4-5-9-25(22)30-26)17-23(28-29)20-11-10-18-6-2-3-7-19(18)16-20/h2-16,24H,17H2,1H3/t24-,26-/m0/s1. The van der Waals surface area contributed by atoms with Crippen LogP contribution in [0.2, 0.25) is 0 Å². The van der Waals surface area contributed by atoms with Crippen LogP contribution in [0.4, 0.5) is 0 Å². The van der Waals surface area contributed by atoms with Gasteiger partial charge in [0.1, 0.15) is 5.75 Å². The van der Waals surface area contributed by atoms with Crippen molar-refractivity contribution >= 4 is 16.5 Å². The number of nitrogens with zero attached hydrogens (tertiary/aromatic N) is 3. The summed E-state index contributed by atoms with van der Waals surface area (Å²) >= 11 is 0. The van der Waals surface area contributed by atoms with Gasteiger partial charge in [-0.3, -0.25) is 4.98 Å². The van der Waals surface area contributed by atoms with E-state index < -0.39 is 5.72 Å². The van der Waals surface area contributed by atoms with E-state index in [2.05, 4.69) is 77.6 Å². The molecule has 1 aromatic heterocycles. The molecule has 2 aliphatic rings. The Hall–Kier alpha value is -3.66. The van der Waals surface area contributed by atoms with E-state index in [0.717, 1.165) is 29.0 Å². The lowest BCUT2D eigenvalue weighted by molar-refractivity contribution is -0.112. The molecule has 4 heteroatoms. The highest BCUT2D eigenvalue weighted by atomic mass is 16.5. The largest absolute Gasteiger partial charge is 0.462 e. The van der Waals surface area contributed by atoms with Crippen molar-refractivity contribution in [2.75, 3.05) is 0 Å². The third-order valence-electron chi connectivity index (χ3n) is 6.23. The molecule has 0 aliphatic carbocycles. The first-order chi connectivity index (χ1) is 14.7. The van der Waals surface area contributed by atoms with Crippen LogP contribution >= 0.6 is 0 Å². The molecule has 0 amide bonds. The number of hydrazone groups is 1. The van der Waals surface area contributed by atoms with E-state index in [1.54, 1.807) is 0 Å². The average Bonchev–Trinajstić information content (AvgIpc) is 3.26. The van der Waals surface area contributed by atoms with Crippen LogP contribution in [0.25, 0.3) is 10.8 Å². The van der Waals surface area contributed by atoms with Crippen molar-refractivity contribution < 1.29 is 4.74 Å². The number of rotatable bonds is 2. The van der Waals surface area contributed by atoms with Gasteiger partial charge < -0.3 is 4.74 Å². The molecule has 0 N–H and O–H groups in total. The number of hydrogen-bond donors (Lipinski definition) is 0. The van der Waals surface area contributed by atoms with Gasteiger partial charge in [-0.1, -0.05) is 54.6 Å². The zero-order valence-corrected chi connectivity index (χ0v) is 16.7. The molecule has 2 aliphatic heterocycles. The molecule has 6 rings (SSSR count). The van der Waals surface area contributed by atoms with E-state index in [9.17, 15) is 0 Å². The third-order valence-corrected chi connectivity index (χ3v) is 6.23. The molecule has 0 unspecified atom stereocenters. The molecule has 3 aromatic carbocycles. The highest BCUT2D eigenvalue weighted by Crippen LogP contribution is 2.50. The summed E-state index contributed by atoms with van der Waals surface area (Å²) < 4.78 is 6.56. The first-order valence-corrected chi connectivity index (χ1v) is 10.3. The smallest absolute Gasteiger partial charge is 0.221 e. The molecule has 2 atom stereocenters. The van der Waals surface area contributed by atoms with Gasteiger partial charge in [-0.05, 0) is 40.6 Å². The molecule has 0 bridgehead atoms. The topological polar surface area (TPSA) is 37.7 Å². The molecule has 3 heterocycles. The molecule has 30 heavy (non-hydrogen) atoms. The van der Waals surface area contributed by atoms with Crippen LogP contribution in [0.5, 0.6) is 5.75 Å². The van der Waals surface area contributed by atoms with Gasteiger partial charge >= 0.3 is 0 Å². The molecule has 0 saturated carbocycles. The van der Waals surface area contributed by atoms with Crippen LogP contribution in [0, 0.1) is 0 Å². The number of para-hydroxylation sites is 1. The second kappa shape index (κ2) is 6.42. The fourth-order valence-electron chi connectivity index (χ4n) is 4.65. The fraction of sp³-hybridized carbons (Fsp3) is 0.154. The number of pyridine rings is 1. The maximum Gasteiger partial charge on any atom is 0.221 e. The first kappa shape index (κ1) is 17.2. The maximum atomic E-state index is 6.56. The van der Waals surface area contributed by atoms with E-state index in [4.69, 9.17) is 9.84 Å². The maximum absolute atomic E-state index is 6.56. The second-order valence-electron chi connectivity index (χ2n) is 8.03. The lowest BCUT2D eigenvalue weighted by atomic mass is 9.92. The summed E-state index contributed by atoms with van der Waals surface area (Å²) in [5.74, 6) is 0.924. The van der Waals surface area contributed by atoms with Gasteiger partial charge in [-0.2, -0.15) is 5.10 Å². The minimum absolute atomic E-state index is 0.134. The Labute approximate surface area is 175 Å². The van der Waals surface area contributed by atoms with Gasteiger partial charge in [0.05, 0.1) is 11.8 Å². The van der Waals surface area contributed by atoms with Crippen LogP contribution in [0.15, 0.2) is 96.4 Å². The SMILES string of the molecule is C[C@@]1(c2ccncc2)Oc2ccccc2[C@@H]2CC(c3ccc4ccccc4c3)=NN21. The van der Waals surface area contributed by atoms with E-state index in [0.29, 0.717) is 0 Å². The molecular weight excluding hydrogens is 370 g/mol. The molecule has 4 aromatic rings. The lowest BCUT2D eigenvalue weighted by Gasteiger charge is -2.45. The molecule has 4 nitrogen and oxygen atoms in total. The molecule has 0 saturated heterocycles. The van der Waals surface area contributed by atoms with Crippen molar-refractivity contribution in [1.82, 2.24) is 9.99 Å². The monoisotopic (exact) mass is 391 g/mol. The van der Waals surface area contributed by atoms with Crippen molar-refractivity contribution in [3.63, 3.8) is 0 Å². The number of ether oxygens (including phenoxy) is 1. The normalized spacial score (nSPS) is 22.2. The first-order valence-electron chi connectivity index (χ1n) is 10.3. The Morgan fingerprint density at radius 2 is 1.67 bits per heavy atom. The number of fused-ring (bicyclic) bond motifs is 4. The quantitative estimate of drug-likeness (QED) is 0.443. The summed E-state index contributed by atoms with van der Waals surface area (Å²) in [6.45, 7) is 2.10. The van der Waals surface area contributed by atoms with Crippen molar-refractivity contribution in [3.8, 4) is 5.75 Å². The Morgan fingerprint density at radius 1 is 0.900 bits per heavy atom. The Bertz CT molecular complexity index is 1280. The highest BCUT2D eigenvalue weighted by molar-refractivity contribution is 6.04. The van der Waals surface area contributed by atoms with Crippen LogP contribution in [0.1, 0.15) is 36.1 Å². The predicted octanol–water partition coefficient (Wildman–Crippen LogP) is 5.65. The minimum Gasteiger partial charge on any atom is -0.462 e. The van der Waals surface area contributed by atoms with Gasteiger partial charge in [0, 0.05) is 36.9 Å². The summed E-state index contributed by atoms with van der Waals surface area (Å²) in [7, 11) is 0. The fourth-order valence-corrected chi connectivity index (χ4v) is 4.65. The van der Waals surface area contributed by atoms with Crippen LogP contribution < -0.4 is 4.74 Å². The summed E-state index contributed by atoms with van der Waals surface area (Å²) in [5, 5.41) is 9.73. The minimum atomic E-state index is -0.694. The molecule has 146 valence electrons. The van der Waals surface area contributed by atoms with Crippen LogP contribution in [-0.4, -0.2) is 15.7 Å². The molecule has 0 fully saturated rings. The highest BCUT2D eigenvalue weighted by Gasteiger charge is 2.48. The summed E-state index contributed by atoms with van der Waals surface area (Å²) in [5.41, 5.74) is 3.79. The van der Waals surface area contributed by atoms with Gasteiger partial charge in [-0.15, -0.1) is 0 Å². The van der Waals surface area contributed by atoms with Crippen molar-refractivity contribution in [2.45, 2.75) is 25.1 Å². The number of hydrogen-bond acceptors (Lipinski definition) is 4. The summed E-state index contributed by atoms with van der Waals surface area (Å²) in [6, 6.07) is 27.5. The molecule has 0 radical (unpaired) electrons. The Balaban J connectivity index is 1.49. The summed E-state index contributed by atoms with van der Waals surface area (Å²) in [4.78, 5) is 4.18. The average molecular weight is 391 g/mol. The zero-order valence-electron chi connectivity index (χ0n) is 16.7. The van der Waals surface area contributed by atoms with Crippen molar-refractivity contribution in [1.29, 1.82) is 0 Å². The van der Waals surface area contributed by atoms with Crippen molar-refractivity contribution in [3.05, 3.63) is 108 Å². The van der Waals surface area contributed by atoms with Gasteiger partial charge in [0.25, 0.3) is 0 Å². The van der Waals surface area contributed by atoms with E-state index in [1.807, 2.05) is 30.6 Å². The molecular formula is C26H21N3O. The van der Waals surface area contributed by atoms with Crippen molar-refractivity contribution in [2.24, 2.45) is 5.10 Å². The van der Waals surface area contributed by atoms with E-state index in [1.165, 1.54) is 16.3 Å². The number of benzene rings is 3. The van der Waals surface area contributed by atoms with E-state index >= 15 is 0 Å². The Kier molecular flexibility index (Phi) is 3.69. The van der Waals surface area contributed by atoms with Gasteiger partial charge in [-0.25, -0.2) is 5.01 Å². The van der Waals surface area contributed by atoms with Crippen LogP contribution in [-0.2, 0) is 5.72 Å². The Morgan fingerprint density at radius 3 is 2.53 bits per heavy atom. The van der Waals surface area contributed by atoms with Crippen LogP contribution in [0.3, 0.4) is 0 Å². The van der Waals surface area contributed by atoms with E-state index in [-0.39, 0.29) is 6.04 Å².